The summed E-state index contributed by atoms with van der Waals surface area (Å²) in [5.41, 5.74) is -0.0707. The summed E-state index contributed by atoms with van der Waals surface area (Å²) in [6.45, 7) is 1.95. The molecule has 2 aromatic rings. The fraction of sp³-hybridized carbons (Fsp3) is 0.429. The monoisotopic (exact) mass is 261 g/mol. The number of rotatable bonds is 1. The van der Waals surface area contributed by atoms with Crippen molar-refractivity contribution in [2.75, 3.05) is 20.1 Å². The number of para-hydroxylation sites is 1. The standard InChI is InChI=1S/C14H16FN3O/c1-18-7-5-9(6-8-18)13-16-12-10(14(19)17-13)3-2-4-11(12)15/h2-4,9H,5-8H2,1H3,(H,16,17,19). The van der Waals surface area contributed by atoms with Gasteiger partial charge in [-0.25, -0.2) is 9.37 Å². The van der Waals surface area contributed by atoms with E-state index in [1.165, 1.54) is 12.1 Å². The molecule has 0 aliphatic carbocycles. The molecule has 1 fully saturated rings. The summed E-state index contributed by atoms with van der Waals surface area (Å²) >= 11 is 0. The zero-order chi connectivity index (χ0) is 13.4. The van der Waals surface area contributed by atoms with Crippen LogP contribution in [0.4, 0.5) is 4.39 Å². The van der Waals surface area contributed by atoms with E-state index in [4.69, 9.17) is 0 Å². The average molecular weight is 261 g/mol. The number of halogens is 1. The Labute approximate surface area is 110 Å². The molecule has 0 atom stereocenters. The number of hydrogen-bond acceptors (Lipinski definition) is 3. The van der Waals surface area contributed by atoms with Gasteiger partial charge in [-0.2, -0.15) is 0 Å². The molecule has 1 aliphatic rings. The van der Waals surface area contributed by atoms with Gasteiger partial charge in [0.1, 0.15) is 17.2 Å². The molecular weight excluding hydrogens is 245 g/mol. The predicted octanol–water partition coefficient (Wildman–Crippen LogP) is 1.87. The number of nitrogens with one attached hydrogen (secondary N) is 1. The second-order valence-electron chi connectivity index (χ2n) is 5.16. The van der Waals surface area contributed by atoms with Gasteiger partial charge >= 0.3 is 0 Å². The number of nitrogens with zero attached hydrogens (tertiary/aromatic N) is 2. The van der Waals surface area contributed by atoms with Gasteiger partial charge in [0, 0.05) is 5.92 Å². The van der Waals surface area contributed by atoms with Crippen molar-refractivity contribution < 1.29 is 4.39 Å². The molecule has 3 rings (SSSR count). The molecule has 2 heterocycles. The number of piperidine rings is 1. The maximum atomic E-state index is 13.8. The van der Waals surface area contributed by atoms with Gasteiger partial charge in [-0.3, -0.25) is 4.79 Å². The van der Waals surface area contributed by atoms with Gasteiger partial charge in [0.2, 0.25) is 0 Å². The molecule has 100 valence electrons. The van der Waals surface area contributed by atoms with E-state index >= 15 is 0 Å². The number of fused-ring (bicyclic) bond motifs is 1. The summed E-state index contributed by atoms with van der Waals surface area (Å²) < 4.78 is 13.8. The Hall–Kier alpha value is -1.75. The van der Waals surface area contributed by atoms with Crippen LogP contribution < -0.4 is 5.56 Å². The molecular formula is C14H16FN3O. The summed E-state index contributed by atoms with van der Waals surface area (Å²) in [7, 11) is 2.08. The third-order valence-electron chi connectivity index (χ3n) is 3.81. The Morgan fingerprint density at radius 2 is 2.11 bits per heavy atom. The third kappa shape index (κ3) is 2.26. The topological polar surface area (TPSA) is 49.0 Å². The maximum absolute atomic E-state index is 13.8. The largest absolute Gasteiger partial charge is 0.310 e. The van der Waals surface area contributed by atoms with Crippen LogP contribution >= 0.6 is 0 Å². The van der Waals surface area contributed by atoms with E-state index < -0.39 is 5.82 Å². The zero-order valence-corrected chi connectivity index (χ0v) is 10.8. The van der Waals surface area contributed by atoms with Crippen LogP contribution in [-0.2, 0) is 0 Å². The fourth-order valence-electron chi connectivity index (χ4n) is 2.62. The van der Waals surface area contributed by atoms with E-state index in [1.807, 2.05) is 0 Å². The van der Waals surface area contributed by atoms with Crippen molar-refractivity contribution in [1.29, 1.82) is 0 Å². The normalized spacial score (nSPS) is 18.0. The summed E-state index contributed by atoms with van der Waals surface area (Å²) in [6.07, 6.45) is 1.89. The summed E-state index contributed by atoms with van der Waals surface area (Å²) in [5, 5.41) is 0.316. The van der Waals surface area contributed by atoms with Crippen LogP contribution in [0.3, 0.4) is 0 Å². The number of hydrogen-bond donors (Lipinski definition) is 1. The summed E-state index contributed by atoms with van der Waals surface area (Å²) in [4.78, 5) is 21.4. The molecule has 0 radical (unpaired) electrons. The highest BCUT2D eigenvalue weighted by atomic mass is 19.1. The Morgan fingerprint density at radius 3 is 2.84 bits per heavy atom. The van der Waals surface area contributed by atoms with Crippen molar-refractivity contribution in [1.82, 2.24) is 14.9 Å². The van der Waals surface area contributed by atoms with Crippen LogP contribution in [0, 0.1) is 5.82 Å². The second kappa shape index (κ2) is 4.74. The number of aromatic amines is 1. The van der Waals surface area contributed by atoms with Crippen molar-refractivity contribution >= 4 is 10.9 Å². The number of benzene rings is 1. The molecule has 4 nitrogen and oxygen atoms in total. The van der Waals surface area contributed by atoms with E-state index in [2.05, 4.69) is 21.9 Å². The fourth-order valence-corrected chi connectivity index (χ4v) is 2.62. The lowest BCUT2D eigenvalue weighted by molar-refractivity contribution is 0.251. The first kappa shape index (κ1) is 12.3. The first-order valence-corrected chi connectivity index (χ1v) is 6.52. The van der Waals surface area contributed by atoms with E-state index in [0.717, 1.165) is 25.9 Å². The molecule has 0 bridgehead atoms. The van der Waals surface area contributed by atoms with E-state index in [-0.39, 0.29) is 17.0 Å². The third-order valence-corrected chi connectivity index (χ3v) is 3.81. The van der Waals surface area contributed by atoms with Crippen molar-refractivity contribution in [3.05, 3.63) is 40.2 Å². The Kier molecular flexibility index (Phi) is 3.06. The predicted molar refractivity (Wildman–Crippen MR) is 71.8 cm³/mol. The minimum absolute atomic E-state index is 0.181. The lowest BCUT2D eigenvalue weighted by atomic mass is 9.96. The number of likely N-dealkylation sites (tertiary alicyclic amines) is 1. The quantitative estimate of drug-likeness (QED) is 0.852. The van der Waals surface area contributed by atoms with Crippen LogP contribution in [-0.4, -0.2) is 35.0 Å². The van der Waals surface area contributed by atoms with Gasteiger partial charge in [-0.15, -0.1) is 0 Å². The number of aromatic nitrogens is 2. The highest BCUT2D eigenvalue weighted by Gasteiger charge is 2.21. The van der Waals surface area contributed by atoms with E-state index in [9.17, 15) is 9.18 Å². The van der Waals surface area contributed by atoms with Crippen LogP contribution in [0.2, 0.25) is 0 Å². The van der Waals surface area contributed by atoms with Crippen molar-refractivity contribution in [2.45, 2.75) is 18.8 Å². The van der Waals surface area contributed by atoms with Gasteiger partial charge in [0.15, 0.2) is 0 Å². The van der Waals surface area contributed by atoms with Crippen LogP contribution in [0.25, 0.3) is 10.9 Å². The minimum Gasteiger partial charge on any atom is -0.310 e. The Balaban J connectivity index is 2.06. The van der Waals surface area contributed by atoms with Crippen LogP contribution in [0.15, 0.2) is 23.0 Å². The van der Waals surface area contributed by atoms with Crippen molar-refractivity contribution in [3.8, 4) is 0 Å². The first-order valence-electron chi connectivity index (χ1n) is 6.52. The van der Waals surface area contributed by atoms with Gasteiger partial charge in [0.05, 0.1) is 5.39 Å². The van der Waals surface area contributed by atoms with Gasteiger partial charge in [-0.05, 0) is 45.1 Å². The molecule has 1 aromatic heterocycles. The average Bonchev–Trinajstić information content (AvgIpc) is 2.41. The van der Waals surface area contributed by atoms with Gasteiger partial charge < -0.3 is 9.88 Å². The second-order valence-corrected chi connectivity index (χ2v) is 5.16. The molecule has 0 amide bonds. The molecule has 0 unspecified atom stereocenters. The highest BCUT2D eigenvalue weighted by Crippen LogP contribution is 2.25. The molecule has 0 saturated carbocycles. The zero-order valence-electron chi connectivity index (χ0n) is 10.8. The van der Waals surface area contributed by atoms with Crippen molar-refractivity contribution in [2.24, 2.45) is 0 Å². The first-order chi connectivity index (χ1) is 9.15. The van der Waals surface area contributed by atoms with Crippen LogP contribution in [0.1, 0.15) is 24.6 Å². The Morgan fingerprint density at radius 1 is 1.37 bits per heavy atom. The Bertz CT molecular complexity index is 659. The summed E-state index contributed by atoms with van der Waals surface area (Å²) in [6, 6.07) is 4.47. The van der Waals surface area contributed by atoms with Crippen LogP contribution in [0.5, 0.6) is 0 Å². The van der Waals surface area contributed by atoms with Gasteiger partial charge in [-0.1, -0.05) is 6.07 Å². The minimum atomic E-state index is -0.433. The molecule has 1 N–H and O–H groups in total. The molecule has 1 aromatic carbocycles. The van der Waals surface area contributed by atoms with E-state index in [1.54, 1.807) is 6.07 Å². The maximum Gasteiger partial charge on any atom is 0.258 e. The summed E-state index contributed by atoms with van der Waals surface area (Å²) in [5.74, 6) is 0.404. The smallest absolute Gasteiger partial charge is 0.258 e. The van der Waals surface area contributed by atoms with E-state index in [0.29, 0.717) is 11.2 Å². The molecule has 0 spiro atoms. The highest BCUT2D eigenvalue weighted by molar-refractivity contribution is 5.77. The SMILES string of the molecule is CN1CCC(c2nc3c(F)cccc3c(=O)[nH]2)CC1. The lowest BCUT2D eigenvalue weighted by Crippen LogP contribution is -2.30. The molecule has 1 saturated heterocycles. The molecule has 5 heteroatoms. The van der Waals surface area contributed by atoms with Crippen molar-refractivity contribution in [3.63, 3.8) is 0 Å². The molecule has 19 heavy (non-hydrogen) atoms. The lowest BCUT2D eigenvalue weighted by Gasteiger charge is -2.28. The molecule has 1 aliphatic heterocycles. The van der Waals surface area contributed by atoms with Gasteiger partial charge in [0.25, 0.3) is 5.56 Å². The number of H-pyrrole nitrogens is 1.